The molecule has 0 aliphatic carbocycles. The molecule has 1 aliphatic heterocycles. The fourth-order valence-electron chi connectivity index (χ4n) is 2.84. The second-order valence-corrected chi connectivity index (χ2v) is 5.69. The van der Waals surface area contributed by atoms with Gasteiger partial charge in [0.25, 0.3) is 5.69 Å². The Kier molecular flexibility index (Phi) is 4.00. The van der Waals surface area contributed by atoms with Crippen LogP contribution < -0.4 is 4.90 Å². The first-order valence-corrected chi connectivity index (χ1v) is 7.37. The number of nitro benzene ring substituents is 1. The highest BCUT2D eigenvalue weighted by atomic mass is 35.5. The van der Waals surface area contributed by atoms with E-state index in [1.54, 1.807) is 12.1 Å². The quantitative estimate of drug-likeness (QED) is 0.696. The van der Waals surface area contributed by atoms with Gasteiger partial charge < -0.3 is 10.0 Å². The highest BCUT2D eigenvalue weighted by Crippen LogP contribution is 2.34. The summed E-state index contributed by atoms with van der Waals surface area (Å²) in [6, 6.07) is 10.5. The van der Waals surface area contributed by atoms with Crippen molar-refractivity contribution in [2.24, 2.45) is 0 Å². The molecule has 1 heterocycles. The third kappa shape index (κ3) is 2.65. The molecule has 0 radical (unpaired) electrons. The number of rotatable bonds is 3. The number of aliphatic hydroxyl groups excluding tert-OH is 1. The molecule has 22 heavy (non-hydrogen) atoms. The Morgan fingerprint density at radius 1 is 1.32 bits per heavy atom. The fraction of sp³-hybridized carbons (Fsp3) is 0.250. The van der Waals surface area contributed by atoms with Gasteiger partial charge in [0.2, 0.25) is 0 Å². The lowest BCUT2D eigenvalue weighted by Gasteiger charge is -2.31. The van der Waals surface area contributed by atoms with Crippen molar-refractivity contribution in [2.75, 3.05) is 11.4 Å². The molecule has 0 unspecified atom stereocenters. The van der Waals surface area contributed by atoms with Crippen LogP contribution in [0, 0.1) is 10.1 Å². The minimum atomic E-state index is -0.385. The topological polar surface area (TPSA) is 66.6 Å². The minimum Gasteiger partial charge on any atom is -0.392 e. The van der Waals surface area contributed by atoms with E-state index in [0.29, 0.717) is 24.3 Å². The van der Waals surface area contributed by atoms with Gasteiger partial charge in [0.05, 0.1) is 11.5 Å². The van der Waals surface area contributed by atoms with Gasteiger partial charge in [-0.3, -0.25) is 10.1 Å². The lowest BCUT2D eigenvalue weighted by molar-refractivity contribution is -0.384. The molecule has 0 saturated carbocycles. The Bertz CT molecular complexity index is 733. The summed E-state index contributed by atoms with van der Waals surface area (Å²) in [6.45, 7) is 1.10. The van der Waals surface area contributed by atoms with Gasteiger partial charge in [0.1, 0.15) is 5.69 Å². The van der Waals surface area contributed by atoms with Crippen molar-refractivity contribution in [2.45, 2.75) is 19.6 Å². The van der Waals surface area contributed by atoms with Crippen molar-refractivity contribution in [3.63, 3.8) is 0 Å². The lowest BCUT2D eigenvalue weighted by Crippen LogP contribution is -2.31. The number of anilines is 1. The van der Waals surface area contributed by atoms with Crippen LogP contribution in [0.5, 0.6) is 0 Å². The molecular weight excluding hydrogens is 304 g/mol. The van der Waals surface area contributed by atoms with Crippen LogP contribution in [0.15, 0.2) is 36.4 Å². The average Bonchev–Trinajstić information content (AvgIpc) is 2.54. The molecule has 1 aliphatic rings. The first-order valence-electron chi connectivity index (χ1n) is 6.99. The van der Waals surface area contributed by atoms with Gasteiger partial charge in [-0.1, -0.05) is 23.7 Å². The van der Waals surface area contributed by atoms with Gasteiger partial charge in [-0.25, -0.2) is 0 Å². The van der Waals surface area contributed by atoms with E-state index in [1.807, 2.05) is 23.1 Å². The normalized spacial score (nSPS) is 13.8. The van der Waals surface area contributed by atoms with Crippen LogP contribution in [0.3, 0.4) is 0 Å². The van der Waals surface area contributed by atoms with Gasteiger partial charge in [-0.2, -0.15) is 0 Å². The van der Waals surface area contributed by atoms with Crippen molar-refractivity contribution in [3.8, 4) is 0 Å². The van der Waals surface area contributed by atoms with Crippen LogP contribution in [-0.4, -0.2) is 16.6 Å². The van der Waals surface area contributed by atoms with Crippen LogP contribution in [0.1, 0.15) is 16.7 Å². The van der Waals surface area contributed by atoms with E-state index >= 15 is 0 Å². The van der Waals surface area contributed by atoms with Crippen LogP contribution in [-0.2, 0) is 19.6 Å². The van der Waals surface area contributed by atoms with Crippen molar-refractivity contribution in [1.29, 1.82) is 0 Å². The highest BCUT2D eigenvalue weighted by Gasteiger charge is 2.24. The number of halogens is 1. The largest absolute Gasteiger partial charge is 0.392 e. The van der Waals surface area contributed by atoms with Crippen LogP contribution in [0.2, 0.25) is 5.02 Å². The van der Waals surface area contributed by atoms with Crippen molar-refractivity contribution >= 4 is 23.0 Å². The van der Waals surface area contributed by atoms with Crippen LogP contribution >= 0.6 is 11.6 Å². The molecule has 2 aromatic carbocycles. The third-order valence-corrected chi connectivity index (χ3v) is 4.32. The molecular formula is C16H15ClN2O3. The highest BCUT2D eigenvalue weighted by molar-refractivity contribution is 6.31. The first kappa shape index (κ1) is 14.8. The SMILES string of the molecule is O=[N+]([O-])c1ccc(CO)cc1N1CCc2c(Cl)cccc2C1. The van der Waals surface area contributed by atoms with Gasteiger partial charge >= 0.3 is 0 Å². The maximum atomic E-state index is 11.3. The van der Waals surface area contributed by atoms with Gasteiger partial charge in [-0.15, -0.1) is 0 Å². The second kappa shape index (κ2) is 5.94. The van der Waals surface area contributed by atoms with Crippen molar-refractivity contribution in [1.82, 2.24) is 0 Å². The second-order valence-electron chi connectivity index (χ2n) is 5.29. The molecule has 114 valence electrons. The smallest absolute Gasteiger partial charge is 0.292 e. The number of fused-ring (bicyclic) bond motifs is 1. The average molecular weight is 319 g/mol. The Morgan fingerprint density at radius 2 is 2.14 bits per heavy atom. The Labute approximate surface area is 132 Å². The zero-order chi connectivity index (χ0) is 15.7. The molecule has 0 bridgehead atoms. The van der Waals surface area contributed by atoms with Gasteiger partial charge in [0, 0.05) is 24.2 Å². The third-order valence-electron chi connectivity index (χ3n) is 3.97. The molecule has 6 heteroatoms. The summed E-state index contributed by atoms with van der Waals surface area (Å²) in [7, 11) is 0. The predicted octanol–water partition coefficient (Wildman–Crippen LogP) is 3.30. The number of aliphatic hydroxyl groups is 1. The summed E-state index contributed by atoms with van der Waals surface area (Å²) in [5.41, 5.74) is 3.46. The Hall–Kier alpha value is -2.11. The summed E-state index contributed by atoms with van der Waals surface area (Å²) in [6.07, 6.45) is 0.746. The summed E-state index contributed by atoms with van der Waals surface area (Å²) in [5, 5.41) is 21.3. The van der Waals surface area contributed by atoms with Crippen LogP contribution in [0.25, 0.3) is 0 Å². The van der Waals surface area contributed by atoms with Crippen LogP contribution in [0.4, 0.5) is 11.4 Å². The molecule has 0 atom stereocenters. The van der Waals surface area contributed by atoms with Gasteiger partial charge in [-0.05, 0) is 41.3 Å². The van der Waals surface area contributed by atoms with E-state index in [9.17, 15) is 15.2 Å². The molecule has 5 nitrogen and oxygen atoms in total. The number of hydrogen-bond acceptors (Lipinski definition) is 4. The number of hydrogen-bond donors (Lipinski definition) is 1. The molecule has 0 fully saturated rings. The molecule has 0 saturated heterocycles. The predicted molar refractivity (Wildman–Crippen MR) is 85.2 cm³/mol. The summed E-state index contributed by atoms with van der Waals surface area (Å²) < 4.78 is 0. The van der Waals surface area contributed by atoms with Crippen molar-refractivity contribution in [3.05, 3.63) is 68.2 Å². The Morgan fingerprint density at radius 3 is 2.86 bits per heavy atom. The van der Waals surface area contributed by atoms with Crippen molar-refractivity contribution < 1.29 is 10.0 Å². The lowest BCUT2D eigenvalue weighted by atomic mass is 9.99. The summed E-state index contributed by atoms with van der Waals surface area (Å²) in [4.78, 5) is 12.8. The monoisotopic (exact) mass is 318 g/mol. The Balaban J connectivity index is 2.00. The zero-order valence-electron chi connectivity index (χ0n) is 11.8. The fourth-order valence-corrected chi connectivity index (χ4v) is 3.13. The number of nitrogens with zero attached hydrogens (tertiary/aromatic N) is 2. The maximum absolute atomic E-state index is 11.3. The number of benzene rings is 2. The molecule has 0 spiro atoms. The molecule has 2 aromatic rings. The summed E-state index contributed by atoms with van der Waals surface area (Å²) >= 11 is 6.21. The molecule has 3 rings (SSSR count). The minimum absolute atomic E-state index is 0.0580. The van der Waals surface area contributed by atoms with E-state index in [4.69, 9.17) is 11.6 Å². The van der Waals surface area contributed by atoms with E-state index in [-0.39, 0.29) is 17.2 Å². The number of nitro groups is 1. The molecule has 0 aromatic heterocycles. The maximum Gasteiger partial charge on any atom is 0.292 e. The zero-order valence-corrected chi connectivity index (χ0v) is 12.6. The van der Waals surface area contributed by atoms with E-state index in [2.05, 4.69) is 0 Å². The van der Waals surface area contributed by atoms with E-state index in [0.717, 1.165) is 22.6 Å². The van der Waals surface area contributed by atoms with E-state index in [1.165, 1.54) is 6.07 Å². The van der Waals surface area contributed by atoms with Gasteiger partial charge in [0.15, 0.2) is 0 Å². The van der Waals surface area contributed by atoms with E-state index < -0.39 is 0 Å². The standard InChI is InChI=1S/C16H15ClN2O3/c17-14-3-1-2-12-9-18(7-6-13(12)14)16-8-11(10-20)4-5-15(16)19(21)22/h1-5,8,20H,6-7,9-10H2. The first-order chi connectivity index (χ1) is 10.6. The summed E-state index contributed by atoms with van der Waals surface area (Å²) in [5.74, 6) is 0. The molecule has 0 amide bonds. The molecule has 1 N–H and O–H groups in total.